The van der Waals surface area contributed by atoms with E-state index < -0.39 is 0 Å². The number of aromatic nitrogens is 4. The topological polar surface area (TPSA) is 60.3 Å². The Morgan fingerprint density at radius 3 is 0.915 bits per heavy atom. The first kappa shape index (κ1) is 78.2. The zero-order chi connectivity index (χ0) is 78.0. The first-order valence-corrected chi connectivity index (χ1v) is 38.2. The normalized spacial score (nSPS) is 10.7. The molecule has 18 aromatic rings. The van der Waals surface area contributed by atoms with Gasteiger partial charge in [-0.2, -0.15) is 12.1 Å². The Morgan fingerprint density at radius 1 is 0.214 bits per heavy atom. The molecule has 560 valence electrons. The van der Waals surface area contributed by atoms with E-state index in [1.54, 1.807) is 24.3 Å². The Labute approximate surface area is 711 Å². The summed E-state index contributed by atoms with van der Waals surface area (Å²) in [6.45, 7) is 21.3. The van der Waals surface area contributed by atoms with Gasteiger partial charge in [-0.3, -0.25) is 9.69 Å². The van der Waals surface area contributed by atoms with Crippen molar-refractivity contribution in [1.82, 2.24) is 19.9 Å². The van der Waals surface area contributed by atoms with Crippen LogP contribution in [0.2, 0.25) is 0 Å². The molecule has 0 aliphatic heterocycles. The summed E-state index contributed by atoms with van der Waals surface area (Å²) in [5.41, 5.74) is 38.3. The summed E-state index contributed by atoms with van der Waals surface area (Å²) in [6, 6.07) is 137. The van der Waals surface area contributed by atoms with E-state index in [9.17, 15) is 0 Å². The molecule has 6 nitrogen and oxygen atoms in total. The molecule has 0 aliphatic rings. The second-order valence-corrected chi connectivity index (χ2v) is 28.5. The Hall–Kier alpha value is -14.0. The number of hydrogen-bond acceptors (Lipinski definition) is 4. The predicted octanol–water partition coefficient (Wildman–Crippen LogP) is 28.8. The van der Waals surface area contributed by atoms with Crippen molar-refractivity contribution in [3.05, 3.63) is 446 Å². The number of pyridine rings is 4. The summed E-state index contributed by atoms with van der Waals surface area (Å²) in [6.07, 6.45) is 7.91. The Balaban J connectivity index is 0.000000180. The van der Waals surface area contributed by atoms with Gasteiger partial charge in [-0.05, 0) is 189 Å². The fraction of sp³-hybridized carbons (Fsp3) is 0.0275. The molecule has 2 radical (unpaired) electrons. The van der Waals surface area contributed by atoms with Crippen LogP contribution in [0.1, 0.15) is 16.7 Å². The van der Waals surface area contributed by atoms with Crippen LogP contribution in [0.3, 0.4) is 0 Å². The maximum absolute atomic E-state index is 7.44. The summed E-state index contributed by atoms with van der Waals surface area (Å²) < 4.78 is 0. The van der Waals surface area contributed by atoms with Crippen molar-refractivity contribution in [2.45, 2.75) is 20.8 Å². The van der Waals surface area contributed by atoms with E-state index in [2.05, 4.69) is 322 Å². The molecule has 0 amide bonds. The van der Waals surface area contributed by atoms with E-state index in [1.807, 2.05) is 91.5 Å². The smallest absolute Gasteiger partial charge is 0.108 e. The Bertz CT molecular complexity index is 6680. The number of rotatable bonds is 16. The SMILES string of the molecule is [C-]#[N+]c1cc[c-]c(-c2cc(C)c(-c3ccccc3-c3cc(C)cc(-c4ccccc4-c4cnc(-c5[c-]cccc5)cc4-c4ccc(-c5ccccc5)cc4)c3)cn2)c1.[C-]#[N+]c1cc[c-]c(-c2ccc(-c3ccccc3-c3cc(C)cc(-c4ccccc4-c4cnc(-c5[c-]cccc5)cc4-c4ccc(-c5ccccc5)cc4)c3)cn2)c1.[Ir].[Ir]. The van der Waals surface area contributed by atoms with E-state index in [1.165, 1.54) is 33.4 Å². The third kappa shape index (κ3) is 17.3. The Morgan fingerprint density at radius 2 is 0.530 bits per heavy atom. The minimum absolute atomic E-state index is 0. The van der Waals surface area contributed by atoms with Gasteiger partial charge in [0.05, 0.1) is 13.1 Å². The van der Waals surface area contributed by atoms with E-state index in [4.69, 9.17) is 33.1 Å². The Kier molecular flexibility index (Phi) is 24.1. The molecule has 117 heavy (non-hydrogen) atoms. The molecule has 0 N–H and O–H groups in total. The van der Waals surface area contributed by atoms with E-state index in [0.29, 0.717) is 11.4 Å². The van der Waals surface area contributed by atoms with Gasteiger partial charge in [-0.1, -0.05) is 261 Å². The van der Waals surface area contributed by atoms with E-state index in [-0.39, 0.29) is 40.2 Å². The van der Waals surface area contributed by atoms with E-state index >= 15 is 0 Å². The molecule has 0 spiro atoms. The molecule has 0 bridgehead atoms. The van der Waals surface area contributed by atoms with Crippen LogP contribution < -0.4 is 0 Å². The molecule has 0 fully saturated rings. The second-order valence-electron chi connectivity index (χ2n) is 28.5. The molecule has 18 rings (SSSR count). The van der Waals surface area contributed by atoms with Crippen molar-refractivity contribution < 1.29 is 40.2 Å². The minimum atomic E-state index is 0. The summed E-state index contributed by atoms with van der Waals surface area (Å²) in [4.78, 5) is 26.9. The van der Waals surface area contributed by atoms with Gasteiger partial charge < -0.3 is 19.9 Å². The van der Waals surface area contributed by atoms with E-state index in [0.717, 1.165) is 162 Å². The van der Waals surface area contributed by atoms with Crippen LogP contribution in [0.4, 0.5) is 11.4 Å². The third-order valence-corrected chi connectivity index (χ3v) is 20.9. The van der Waals surface area contributed by atoms with Crippen LogP contribution in [-0.2, 0) is 40.2 Å². The first-order chi connectivity index (χ1) is 56.6. The van der Waals surface area contributed by atoms with Gasteiger partial charge in [0.1, 0.15) is 11.4 Å². The standard InChI is InChI=1S/C55H37N3.C54H35N3.2Ir/c1-37-29-44(47-21-10-12-23-49(47)52-35-57-54(31-38(52)2)43-19-14-20-46(33-43)56-3)32-45(30-37)48-22-11-13-24-50(48)53-36-58-55(42-17-8-5-9-18-42)34-51(53)41-27-25-40(26-28-41)39-15-6-4-7-16-39;1-37-30-44(48-21-10-9-20-47(48)43-28-29-53(56-35-43)42-18-13-19-46(33-42)55-2)32-45(31-37)49-22-11-12-23-50(49)52-36-57-54(41-16-7-4-8-17-41)34-51(52)40-26-24-39(25-27-40)38-14-5-3-6-15-38;;/h4-17,20-36H,1-2H3;3-16,19-36H,1H3;;/q2*-2;;. The van der Waals surface area contributed by atoms with Crippen molar-refractivity contribution in [2.24, 2.45) is 0 Å². The van der Waals surface area contributed by atoms with Gasteiger partial charge in [0.25, 0.3) is 0 Å². The predicted molar refractivity (Wildman–Crippen MR) is 473 cm³/mol. The minimum Gasteiger partial charge on any atom is -0.304 e. The summed E-state index contributed by atoms with van der Waals surface area (Å²) in [7, 11) is 0. The first-order valence-electron chi connectivity index (χ1n) is 38.2. The van der Waals surface area contributed by atoms with Crippen molar-refractivity contribution in [3.8, 4) is 179 Å². The number of hydrogen-bond donors (Lipinski definition) is 0. The van der Waals surface area contributed by atoms with Gasteiger partial charge >= 0.3 is 0 Å². The maximum atomic E-state index is 7.44. The van der Waals surface area contributed by atoms with Crippen molar-refractivity contribution in [2.75, 3.05) is 0 Å². The molecule has 4 heterocycles. The second kappa shape index (κ2) is 36.0. The van der Waals surface area contributed by atoms with Crippen LogP contribution in [-0.4, -0.2) is 19.9 Å². The molecule has 0 aliphatic carbocycles. The molecular weight excluding hydrogens is 1780 g/mol. The summed E-state index contributed by atoms with van der Waals surface area (Å²) >= 11 is 0. The van der Waals surface area contributed by atoms with Crippen LogP contribution in [0.5, 0.6) is 0 Å². The molecule has 0 unspecified atom stereocenters. The average Bonchev–Trinajstić information content (AvgIpc) is 0.770. The largest absolute Gasteiger partial charge is 0.304 e. The molecular formula is C109H72Ir2N6-4. The van der Waals surface area contributed by atoms with Crippen molar-refractivity contribution in [3.63, 3.8) is 0 Å². The molecule has 4 aromatic heterocycles. The van der Waals surface area contributed by atoms with Crippen LogP contribution in [0.25, 0.3) is 188 Å². The van der Waals surface area contributed by atoms with Crippen LogP contribution >= 0.6 is 0 Å². The summed E-state index contributed by atoms with van der Waals surface area (Å²) in [5.74, 6) is 0. The molecule has 8 heteroatoms. The quantitative estimate of drug-likeness (QED) is 0.0905. The van der Waals surface area contributed by atoms with Gasteiger partial charge in [-0.25, -0.2) is 0 Å². The molecule has 0 saturated heterocycles. The molecule has 14 aromatic carbocycles. The zero-order valence-corrected chi connectivity index (χ0v) is 69.0. The van der Waals surface area contributed by atoms with Gasteiger partial charge in [0, 0.05) is 81.7 Å². The number of aryl methyl sites for hydroxylation is 3. The number of nitrogens with zero attached hydrogens (tertiary/aromatic N) is 6. The fourth-order valence-electron chi connectivity index (χ4n) is 15.3. The fourth-order valence-corrected chi connectivity index (χ4v) is 15.3. The average molecular weight is 1850 g/mol. The monoisotopic (exact) mass is 1850 g/mol. The van der Waals surface area contributed by atoms with Crippen molar-refractivity contribution in [1.29, 1.82) is 0 Å². The number of benzene rings is 14. The van der Waals surface area contributed by atoms with Crippen LogP contribution in [0, 0.1) is 58.2 Å². The molecule has 0 saturated carbocycles. The van der Waals surface area contributed by atoms with Gasteiger partial charge in [-0.15, -0.1) is 119 Å². The van der Waals surface area contributed by atoms with Gasteiger partial charge in [0.2, 0.25) is 0 Å². The van der Waals surface area contributed by atoms with Gasteiger partial charge in [0.15, 0.2) is 0 Å². The molecule has 0 atom stereocenters. The zero-order valence-electron chi connectivity index (χ0n) is 64.2. The van der Waals surface area contributed by atoms with Crippen molar-refractivity contribution >= 4 is 11.4 Å². The maximum Gasteiger partial charge on any atom is 0.108 e. The third-order valence-electron chi connectivity index (χ3n) is 20.9. The van der Waals surface area contributed by atoms with Crippen LogP contribution in [0.15, 0.2) is 383 Å². The summed E-state index contributed by atoms with van der Waals surface area (Å²) in [5, 5.41) is 0.